The molecule has 0 bridgehead atoms. The Morgan fingerprint density at radius 1 is 1.35 bits per heavy atom. The van der Waals surface area contributed by atoms with Crippen LogP contribution in [0.3, 0.4) is 0 Å². The molecule has 1 aliphatic heterocycles. The average Bonchev–Trinajstić information content (AvgIpc) is 3.06. The van der Waals surface area contributed by atoms with Crippen LogP contribution in [0.25, 0.3) is 0 Å². The van der Waals surface area contributed by atoms with E-state index >= 15 is 0 Å². The number of tetrazole rings is 1. The number of fused-ring (bicyclic) bond motifs is 1. The predicted molar refractivity (Wildman–Crippen MR) is 67.3 cm³/mol. The Balaban J connectivity index is 1.82. The molecule has 20 heavy (non-hydrogen) atoms. The number of rotatable bonds is 3. The fourth-order valence-electron chi connectivity index (χ4n) is 2.27. The molecule has 1 aromatic carbocycles. The zero-order chi connectivity index (χ0) is 14.1. The number of hydrogen-bond acceptors (Lipinski definition) is 5. The highest BCUT2D eigenvalue weighted by molar-refractivity contribution is 5.96. The van der Waals surface area contributed by atoms with Crippen LogP contribution in [0.4, 0.5) is 5.69 Å². The lowest BCUT2D eigenvalue weighted by Crippen LogP contribution is -2.32. The summed E-state index contributed by atoms with van der Waals surface area (Å²) in [6, 6.07) is 4.79. The summed E-state index contributed by atoms with van der Waals surface area (Å²) < 4.78 is 1.35. The highest BCUT2D eigenvalue weighted by Crippen LogP contribution is 2.29. The number of hydrogen-bond donors (Lipinski definition) is 1. The molecule has 8 nitrogen and oxygen atoms in total. The van der Waals surface area contributed by atoms with Gasteiger partial charge in [-0.1, -0.05) is 0 Å². The van der Waals surface area contributed by atoms with E-state index in [1.54, 1.807) is 17.0 Å². The van der Waals surface area contributed by atoms with Gasteiger partial charge in [0.05, 0.1) is 5.56 Å². The van der Waals surface area contributed by atoms with Gasteiger partial charge in [0.1, 0.15) is 12.9 Å². The van der Waals surface area contributed by atoms with E-state index in [1.165, 1.54) is 17.1 Å². The molecule has 1 N–H and O–H groups in total. The van der Waals surface area contributed by atoms with Crippen LogP contribution >= 0.6 is 0 Å². The van der Waals surface area contributed by atoms with Crippen molar-refractivity contribution in [1.82, 2.24) is 20.2 Å². The minimum absolute atomic E-state index is 0.0626. The first-order valence-electron chi connectivity index (χ1n) is 6.02. The third-order valence-corrected chi connectivity index (χ3v) is 3.21. The average molecular weight is 273 g/mol. The lowest BCUT2D eigenvalue weighted by atomic mass is 10.1. The van der Waals surface area contributed by atoms with Gasteiger partial charge in [-0.05, 0) is 40.6 Å². The second kappa shape index (κ2) is 4.72. The number of aromatic nitrogens is 4. The van der Waals surface area contributed by atoms with Crippen LogP contribution in [0.5, 0.6) is 0 Å². The highest BCUT2D eigenvalue weighted by atomic mass is 16.4. The molecule has 0 saturated heterocycles. The van der Waals surface area contributed by atoms with E-state index in [1.807, 2.05) is 0 Å². The Morgan fingerprint density at radius 3 is 2.90 bits per heavy atom. The van der Waals surface area contributed by atoms with Gasteiger partial charge in [0.2, 0.25) is 5.91 Å². The Kier molecular flexibility index (Phi) is 2.90. The molecule has 2 aromatic rings. The lowest BCUT2D eigenvalue weighted by molar-refractivity contribution is -0.119. The third-order valence-electron chi connectivity index (χ3n) is 3.21. The van der Waals surface area contributed by atoms with Crippen molar-refractivity contribution in [2.45, 2.75) is 13.0 Å². The quantitative estimate of drug-likeness (QED) is 0.842. The minimum atomic E-state index is -0.966. The largest absolute Gasteiger partial charge is 0.478 e. The number of aromatic carboxylic acids is 1. The molecular formula is C12H11N5O3. The van der Waals surface area contributed by atoms with Crippen LogP contribution in [-0.2, 0) is 17.8 Å². The normalized spacial score (nSPS) is 13.3. The summed E-state index contributed by atoms with van der Waals surface area (Å²) in [5, 5.41) is 19.6. The standard InChI is InChI=1S/C12H11N5O3/c18-11(6-16-7-13-14-15-16)17-4-3-8-5-9(12(19)20)1-2-10(8)17/h1-2,5,7H,3-4,6H2,(H,19,20). The van der Waals surface area contributed by atoms with E-state index in [2.05, 4.69) is 15.5 Å². The summed E-state index contributed by atoms with van der Waals surface area (Å²) in [6.07, 6.45) is 2.03. The molecule has 102 valence electrons. The SMILES string of the molecule is O=C(O)c1ccc2c(c1)CCN2C(=O)Cn1cnnn1. The summed E-state index contributed by atoms with van der Waals surface area (Å²) in [5.41, 5.74) is 1.86. The highest BCUT2D eigenvalue weighted by Gasteiger charge is 2.25. The summed E-state index contributed by atoms with van der Waals surface area (Å²) >= 11 is 0. The number of carbonyl (C=O) groups excluding carboxylic acids is 1. The number of nitrogens with zero attached hydrogens (tertiary/aromatic N) is 5. The topological polar surface area (TPSA) is 101 Å². The molecule has 3 rings (SSSR count). The van der Waals surface area contributed by atoms with Crippen molar-refractivity contribution in [2.24, 2.45) is 0 Å². The van der Waals surface area contributed by atoms with Crippen molar-refractivity contribution in [3.8, 4) is 0 Å². The Hall–Kier alpha value is -2.77. The number of carboxylic acid groups (broad SMARTS) is 1. The van der Waals surface area contributed by atoms with Crippen LogP contribution in [0.15, 0.2) is 24.5 Å². The Bertz CT molecular complexity index is 668. The maximum absolute atomic E-state index is 12.2. The van der Waals surface area contributed by atoms with Gasteiger partial charge in [0.15, 0.2) is 0 Å². The molecule has 1 aliphatic rings. The molecule has 0 radical (unpaired) electrons. The predicted octanol–water partition coefficient (Wildman–Crippen LogP) is -0.0394. The van der Waals surface area contributed by atoms with Gasteiger partial charge < -0.3 is 10.0 Å². The molecule has 0 saturated carbocycles. The molecule has 0 unspecified atom stereocenters. The van der Waals surface area contributed by atoms with E-state index in [0.717, 1.165) is 11.3 Å². The van der Waals surface area contributed by atoms with Crippen molar-refractivity contribution in [3.05, 3.63) is 35.7 Å². The number of benzene rings is 1. The smallest absolute Gasteiger partial charge is 0.335 e. The molecule has 0 fully saturated rings. The van der Waals surface area contributed by atoms with Crippen molar-refractivity contribution >= 4 is 17.6 Å². The van der Waals surface area contributed by atoms with Gasteiger partial charge in [-0.25, -0.2) is 9.48 Å². The van der Waals surface area contributed by atoms with Crippen LogP contribution in [0.1, 0.15) is 15.9 Å². The maximum atomic E-state index is 12.2. The molecule has 0 spiro atoms. The second-order valence-corrected chi connectivity index (χ2v) is 4.45. The summed E-state index contributed by atoms with van der Waals surface area (Å²) in [6.45, 7) is 0.604. The van der Waals surface area contributed by atoms with Crippen LogP contribution in [-0.4, -0.2) is 43.7 Å². The Morgan fingerprint density at radius 2 is 2.20 bits per heavy atom. The van der Waals surface area contributed by atoms with Crippen molar-refractivity contribution < 1.29 is 14.7 Å². The number of carboxylic acids is 1. The summed E-state index contributed by atoms with van der Waals surface area (Å²) in [7, 11) is 0. The first-order valence-corrected chi connectivity index (χ1v) is 6.02. The van der Waals surface area contributed by atoms with Gasteiger partial charge in [0.25, 0.3) is 0 Å². The zero-order valence-electron chi connectivity index (χ0n) is 10.4. The van der Waals surface area contributed by atoms with Gasteiger partial charge in [-0.2, -0.15) is 0 Å². The van der Waals surface area contributed by atoms with Gasteiger partial charge in [-0.3, -0.25) is 4.79 Å². The van der Waals surface area contributed by atoms with Gasteiger partial charge in [0, 0.05) is 12.2 Å². The molecule has 8 heteroatoms. The summed E-state index contributed by atoms with van der Waals surface area (Å²) in [4.78, 5) is 24.7. The van der Waals surface area contributed by atoms with Crippen molar-refractivity contribution in [1.29, 1.82) is 0 Å². The van der Waals surface area contributed by atoms with E-state index in [4.69, 9.17) is 5.11 Å². The van der Waals surface area contributed by atoms with Gasteiger partial charge in [-0.15, -0.1) is 5.10 Å². The van der Waals surface area contributed by atoms with Crippen molar-refractivity contribution in [3.63, 3.8) is 0 Å². The van der Waals surface area contributed by atoms with Gasteiger partial charge >= 0.3 is 5.97 Å². The van der Waals surface area contributed by atoms with Crippen LogP contribution < -0.4 is 4.90 Å². The van der Waals surface area contributed by atoms with Crippen LogP contribution in [0, 0.1) is 0 Å². The fraction of sp³-hybridized carbons (Fsp3) is 0.250. The molecule has 0 aliphatic carbocycles. The number of amides is 1. The molecule has 1 aromatic heterocycles. The summed E-state index contributed by atoms with van der Waals surface area (Å²) in [5.74, 6) is -1.09. The van der Waals surface area contributed by atoms with E-state index in [9.17, 15) is 9.59 Å². The monoisotopic (exact) mass is 273 g/mol. The van der Waals surface area contributed by atoms with Crippen LogP contribution in [0.2, 0.25) is 0 Å². The van der Waals surface area contributed by atoms with Crippen molar-refractivity contribution in [2.75, 3.05) is 11.4 Å². The second-order valence-electron chi connectivity index (χ2n) is 4.45. The number of carbonyl (C=O) groups is 2. The first kappa shape index (κ1) is 12.3. The van der Waals surface area contributed by atoms with E-state index < -0.39 is 5.97 Å². The molecule has 2 heterocycles. The zero-order valence-corrected chi connectivity index (χ0v) is 10.4. The first-order chi connectivity index (χ1) is 9.65. The lowest BCUT2D eigenvalue weighted by Gasteiger charge is -2.17. The third kappa shape index (κ3) is 2.11. The maximum Gasteiger partial charge on any atom is 0.335 e. The molecular weight excluding hydrogens is 262 g/mol. The number of anilines is 1. The Labute approximate surface area is 113 Å². The molecule has 0 atom stereocenters. The molecule has 1 amide bonds. The van der Waals surface area contributed by atoms with E-state index in [-0.39, 0.29) is 18.0 Å². The van der Waals surface area contributed by atoms with E-state index in [0.29, 0.717) is 13.0 Å². The minimum Gasteiger partial charge on any atom is -0.478 e. The fourth-order valence-corrected chi connectivity index (χ4v) is 2.27.